The van der Waals surface area contributed by atoms with Crippen LogP contribution in [0.2, 0.25) is 0 Å². The summed E-state index contributed by atoms with van der Waals surface area (Å²) < 4.78 is 11.3. The molecule has 1 unspecified atom stereocenters. The number of hydrogen-bond donors (Lipinski definition) is 2. The first-order chi connectivity index (χ1) is 9.38. The Morgan fingerprint density at radius 3 is 3.16 bits per heavy atom. The van der Waals surface area contributed by atoms with Crippen LogP contribution in [-0.4, -0.2) is 37.6 Å². The van der Waals surface area contributed by atoms with Gasteiger partial charge in [-0.3, -0.25) is 0 Å². The third-order valence-corrected chi connectivity index (χ3v) is 3.20. The summed E-state index contributed by atoms with van der Waals surface area (Å²) in [5.74, 6) is 0.900. The summed E-state index contributed by atoms with van der Waals surface area (Å²) in [6.45, 7) is 3.37. The molecule has 1 fully saturated rings. The average Bonchev–Trinajstić information content (AvgIpc) is 2.95. The van der Waals surface area contributed by atoms with Crippen molar-refractivity contribution in [3.8, 4) is 5.75 Å². The summed E-state index contributed by atoms with van der Waals surface area (Å²) >= 11 is 0. The van der Waals surface area contributed by atoms with Gasteiger partial charge < -0.3 is 19.9 Å². The van der Waals surface area contributed by atoms with Gasteiger partial charge >= 0.3 is 0 Å². The highest BCUT2D eigenvalue weighted by Crippen LogP contribution is 2.17. The van der Waals surface area contributed by atoms with Gasteiger partial charge in [0.05, 0.1) is 6.10 Å². The zero-order valence-corrected chi connectivity index (χ0v) is 11.3. The first-order valence-corrected chi connectivity index (χ1v) is 7.03. The molecule has 1 aromatic carbocycles. The van der Waals surface area contributed by atoms with Crippen molar-refractivity contribution in [1.82, 2.24) is 5.32 Å². The number of hydrogen-bond acceptors (Lipinski definition) is 4. The second kappa shape index (κ2) is 8.15. The Bertz CT molecular complexity index is 364. The monoisotopic (exact) mass is 265 g/mol. The van der Waals surface area contributed by atoms with Crippen molar-refractivity contribution in [1.29, 1.82) is 0 Å². The summed E-state index contributed by atoms with van der Waals surface area (Å²) in [7, 11) is 0. The molecule has 0 aliphatic carbocycles. The molecule has 1 aliphatic rings. The number of rotatable bonds is 8. The maximum Gasteiger partial charge on any atom is 0.119 e. The van der Waals surface area contributed by atoms with E-state index in [1.165, 1.54) is 5.56 Å². The lowest BCUT2D eigenvalue weighted by atomic mass is 10.2. The van der Waals surface area contributed by atoms with Gasteiger partial charge in [0.25, 0.3) is 0 Å². The predicted octanol–water partition coefficient (Wildman–Crippen LogP) is 1.72. The fourth-order valence-corrected chi connectivity index (χ4v) is 2.15. The molecule has 1 aliphatic heterocycles. The van der Waals surface area contributed by atoms with Crippen LogP contribution in [0.1, 0.15) is 24.8 Å². The van der Waals surface area contributed by atoms with Gasteiger partial charge in [-0.1, -0.05) is 12.1 Å². The number of nitrogens with one attached hydrogen (secondary N) is 1. The van der Waals surface area contributed by atoms with Crippen LogP contribution in [0, 0.1) is 0 Å². The van der Waals surface area contributed by atoms with E-state index in [1.54, 1.807) is 0 Å². The van der Waals surface area contributed by atoms with Gasteiger partial charge in [0.1, 0.15) is 12.4 Å². The van der Waals surface area contributed by atoms with Gasteiger partial charge in [-0.2, -0.15) is 0 Å². The molecule has 19 heavy (non-hydrogen) atoms. The maximum absolute atomic E-state index is 8.71. The smallest absolute Gasteiger partial charge is 0.119 e. The summed E-state index contributed by atoms with van der Waals surface area (Å²) in [4.78, 5) is 0. The average molecular weight is 265 g/mol. The minimum Gasteiger partial charge on any atom is -0.491 e. The molecule has 0 amide bonds. The molecule has 2 N–H and O–H groups in total. The number of ether oxygens (including phenoxy) is 2. The molecule has 0 radical (unpaired) electrons. The quantitative estimate of drug-likeness (QED) is 0.703. The standard InChI is InChI=1S/C15H23NO3/c17-8-3-7-16-11-13-4-1-5-14(10-13)19-12-15-6-2-9-18-15/h1,4-5,10,15-17H,2-3,6-9,11-12H2. The SMILES string of the molecule is OCCCNCc1cccc(OCC2CCCO2)c1. The molecule has 4 heteroatoms. The Morgan fingerprint density at radius 1 is 1.42 bits per heavy atom. The number of aliphatic hydroxyl groups excluding tert-OH is 1. The minimum absolute atomic E-state index is 0.234. The van der Waals surface area contributed by atoms with Crippen molar-refractivity contribution in [2.24, 2.45) is 0 Å². The van der Waals surface area contributed by atoms with Crippen molar-refractivity contribution in [2.45, 2.75) is 31.9 Å². The molecular formula is C15H23NO3. The van der Waals surface area contributed by atoms with E-state index in [1.807, 2.05) is 12.1 Å². The zero-order chi connectivity index (χ0) is 13.3. The molecule has 0 aromatic heterocycles. The molecule has 1 heterocycles. The predicted molar refractivity (Wildman–Crippen MR) is 74.3 cm³/mol. The molecule has 1 saturated heterocycles. The highest BCUT2D eigenvalue weighted by Gasteiger charge is 2.15. The van der Waals surface area contributed by atoms with Gasteiger partial charge in [0.15, 0.2) is 0 Å². The minimum atomic E-state index is 0.234. The molecule has 0 spiro atoms. The van der Waals surface area contributed by atoms with Gasteiger partial charge in [0.2, 0.25) is 0 Å². The number of benzene rings is 1. The molecule has 106 valence electrons. The summed E-state index contributed by atoms with van der Waals surface area (Å²) in [5.41, 5.74) is 1.20. The third-order valence-electron chi connectivity index (χ3n) is 3.20. The van der Waals surface area contributed by atoms with E-state index in [0.717, 1.165) is 44.7 Å². The van der Waals surface area contributed by atoms with E-state index in [-0.39, 0.29) is 12.7 Å². The van der Waals surface area contributed by atoms with Crippen molar-refractivity contribution in [3.05, 3.63) is 29.8 Å². The molecule has 1 aromatic rings. The lowest BCUT2D eigenvalue weighted by molar-refractivity contribution is 0.0679. The van der Waals surface area contributed by atoms with Crippen LogP contribution < -0.4 is 10.1 Å². The van der Waals surface area contributed by atoms with E-state index in [0.29, 0.717) is 6.61 Å². The lowest BCUT2D eigenvalue weighted by Crippen LogP contribution is -2.17. The Hall–Kier alpha value is -1.10. The van der Waals surface area contributed by atoms with E-state index < -0.39 is 0 Å². The van der Waals surface area contributed by atoms with Crippen LogP contribution in [0.25, 0.3) is 0 Å². The molecule has 0 bridgehead atoms. The van der Waals surface area contributed by atoms with Gasteiger partial charge in [-0.05, 0) is 43.5 Å². The first kappa shape index (κ1) is 14.3. The maximum atomic E-state index is 8.71. The number of aliphatic hydroxyl groups is 1. The van der Waals surface area contributed by atoms with Crippen LogP contribution in [0.5, 0.6) is 5.75 Å². The van der Waals surface area contributed by atoms with Gasteiger partial charge in [0, 0.05) is 19.8 Å². The van der Waals surface area contributed by atoms with Crippen molar-refractivity contribution < 1.29 is 14.6 Å². The molecule has 2 rings (SSSR count). The van der Waals surface area contributed by atoms with Crippen LogP contribution >= 0.6 is 0 Å². The summed E-state index contributed by atoms with van der Waals surface area (Å²) in [6, 6.07) is 8.12. The van der Waals surface area contributed by atoms with Crippen molar-refractivity contribution in [3.63, 3.8) is 0 Å². The van der Waals surface area contributed by atoms with E-state index >= 15 is 0 Å². The largest absolute Gasteiger partial charge is 0.491 e. The Morgan fingerprint density at radius 2 is 2.37 bits per heavy atom. The lowest BCUT2D eigenvalue weighted by Gasteiger charge is -2.12. The normalized spacial score (nSPS) is 18.7. The molecule has 4 nitrogen and oxygen atoms in total. The van der Waals surface area contributed by atoms with E-state index in [2.05, 4.69) is 17.4 Å². The van der Waals surface area contributed by atoms with Crippen LogP contribution in [-0.2, 0) is 11.3 Å². The van der Waals surface area contributed by atoms with Crippen molar-refractivity contribution >= 4 is 0 Å². The molecular weight excluding hydrogens is 242 g/mol. The Balaban J connectivity index is 1.74. The second-order valence-electron chi connectivity index (χ2n) is 4.85. The second-order valence-corrected chi connectivity index (χ2v) is 4.85. The van der Waals surface area contributed by atoms with Crippen LogP contribution in [0.3, 0.4) is 0 Å². The topological polar surface area (TPSA) is 50.7 Å². The summed E-state index contributed by atoms with van der Waals surface area (Å²) in [6.07, 6.45) is 3.28. The van der Waals surface area contributed by atoms with Gasteiger partial charge in [-0.25, -0.2) is 0 Å². The summed E-state index contributed by atoms with van der Waals surface area (Å²) in [5, 5.41) is 12.0. The van der Waals surface area contributed by atoms with Crippen molar-refractivity contribution in [2.75, 3.05) is 26.4 Å². The Kier molecular flexibility index (Phi) is 6.14. The highest BCUT2D eigenvalue weighted by atomic mass is 16.5. The van der Waals surface area contributed by atoms with E-state index in [9.17, 15) is 0 Å². The molecule has 1 atom stereocenters. The first-order valence-electron chi connectivity index (χ1n) is 7.03. The van der Waals surface area contributed by atoms with Crippen LogP contribution in [0.4, 0.5) is 0 Å². The Labute approximate surface area is 114 Å². The van der Waals surface area contributed by atoms with Crippen LogP contribution in [0.15, 0.2) is 24.3 Å². The van der Waals surface area contributed by atoms with E-state index in [4.69, 9.17) is 14.6 Å². The zero-order valence-electron chi connectivity index (χ0n) is 11.3. The fraction of sp³-hybridized carbons (Fsp3) is 0.600. The van der Waals surface area contributed by atoms with Gasteiger partial charge in [-0.15, -0.1) is 0 Å². The molecule has 0 saturated carbocycles. The fourth-order valence-electron chi connectivity index (χ4n) is 2.15. The third kappa shape index (κ3) is 5.19. The highest BCUT2D eigenvalue weighted by molar-refractivity contribution is 5.28.